The Morgan fingerprint density at radius 2 is 2.30 bits per heavy atom. The topological polar surface area (TPSA) is 102 Å². The van der Waals surface area contributed by atoms with Gasteiger partial charge in [-0.2, -0.15) is 0 Å². The lowest BCUT2D eigenvalue weighted by Crippen LogP contribution is -2.30. The summed E-state index contributed by atoms with van der Waals surface area (Å²) in [6.45, 7) is 1.00. The second kappa shape index (κ2) is 5.83. The lowest BCUT2D eigenvalue weighted by molar-refractivity contribution is -0.384. The molecule has 0 amide bonds. The highest BCUT2D eigenvalue weighted by molar-refractivity contribution is 5.90. The largest absolute Gasteiger partial charge is 0.478 e. The number of benzene rings is 1. The van der Waals surface area contributed by atoms with Gasteiger partial charge in [-0.25, -0.2) is 9.18 Å². The summed E-state index contributed by atoms with van der Waals surface area (Å²) in [7, 11) is 0. The van der Waals surface area contributed by atoms with Crippen LogP contribution in [0.4, 0.5) is 15.8 Å². The van der Waals surface area contributed by atoms with Crippen LogP contribution in [0.5, 0.6) is 0 Å². The van der Waals surface area contributed by atoms with Crippen LogP contribution >= 0.6 is 0 Å². The van der Waals surface area contributed by atoms with Gasteiger partial charge in [-0.05, 0) is 18.9 Å². The van der Waals surface area contributed by atoms with Gasteiger partial charge in [-0.3, -0.25) is 10.1 Å². The van der Waals surface area contributed by atoms with E-state index < -0.39 is 28.0 Å². The van der Waals surface area contributed by atoms with Crippen LogP contribution in [-0.2, 0) is 4.74 Å². The summed E-state index contributed by atoms with van der Waals surface area (Å²) in [5, 5.41) is 22.6. The molecule has 0 aromatic heterocycles. The fraction of sp³-hybridized carbons (Fsp3) is 0.417. The lowest BCUT2D eigenvalue weighted by Gasteiger charge is -2.24. The second-order valence-corrected chi connectivity index (χ2v) is 4.47. The molecule has 7 nitrogen and oxygen atoms in total. The number of rotatable bonds is 4. The number of nitrogens with one attached hydrogen (secondary N) is 1. The maximum Gasteiger partial charge on any atom is 0.338 e. The molecule has 1 aliphatic rings. The van der Waals surface area contributed by atoms with Crippen LogP contribution in [0.15, 0.2) is 12.1 Å². The van der Waals surface area contributed by atoms with Gasteiger partial charge in [-0.1, -0.05) is 0 Å². The van der Waals surface area contributed by atoms with Gasteiger partial charge in [0, 0.05) is 12.6 Å². The van der Waals surface area contributed by atoms with Crippen LogP contribution in [0, 0.1) is 15.9 Å². The van der Waals surface area contributed by atoms with Gasteiger partial charge in [0.2, 0.25) is 0 Å². The minimum Gasteiger partial charge on any atom is -0.478 e. The van der Waals surface area contributed by atoms with Crippen LogP contribution in [0.1, 0.15) is 23.2 Å². The molecule has 0 bridgehead atoms. The smallest absolute Gasteiger partial charge is 0.338 e. The average Bonchev–Trinajstić information content (AvgIpc) is 2.41. The summed E-state index contributed by atoms with van der Waals surface area (Å²) >= 11 is 0. The SMILES string of the molecule is O=C(O)c1cc(NC2CCCOC2)c([N+](=O)[O-])cc1F. The van der Waals surface area contributed by atoms with E-state index in [9.17, 15) is 19.3 Å². The Kier molecular flexibility index (Phi) is 4.14. The van der Waals surface area contributed by atoms with E-state index >= 15 is 0 Å². The average molecular weight is 284 g/mol. The molecular weight excluding hydrogens is 271 g/mol. The zero-order valence-electron chi connectivity index (χ0n) is 10.5. The molecule has 8 heteroatoms. The molecule has 1 aromatic carbocycles. The van der Waals surface area contributed by atoms with E-state index in [-0.39, 0.29) is 11.7 Å². The van der Waals surface area contributed by atoms with Gasteiger partial charge >= 0.3 is 5.97 Å². The predicted octanol–water partition coefficient (Wildman–Crippen LogP) is 2.02. The number of ether oxygens (including phenoxy) is 1. The Hall–Kier alpha value is -2.22. The third-order valence-corrected chi connectivity index (χ3v) is 3.03. The van der Waals surface area contributed by atoms with Crippen LogP contribution < -0.4 is 5.32 Å². The molecular formula is C12H13FN2O5. The van der Waals surface area contributed by atoms with E-state index in [2.05, 4.69) is 5.32 Å². The zero-order valence-corrected chi connectivity index (χ0v) is 10.5. The number of carboxylic acids is 1. The number of hydrogen-bond donors (Lipinski definition) is 2. The maximum atomic E-state index is 13.5. The number of nitrogens with zero attached hydrogens (tertiary/aromatic N) is 1. The highest BCUT2D eigenvalue weighted by Gasteiger charge is 2.24. The van der Waals surface area contributed by atoms with Crippen molar-refractivity contribution in [3.8, 4) is 0 Å². The van der Waals surface area contributed by atoms with E-state index in [0.717, 1.165) is 18.9 Å². The normalized spacial score (nSPS) is 18.6. The van der Waals surface area contributed by atoms with Gasteiger partial charge < -0.3 is 15.2 Å². The standard InChI is InChI=1S/C12H13FN2O5/c13-9-5-11(15(18)19)10(4-8(9)12(16)17)14-7-2-1-3-20-6-7/h4-5,7,14H,1-3,6H2,(H,16,17). The fourth-order valence-corrected chi connectivity index (χ4v) is 2.07. The third-order valence-electron chi connectivity index (χ3n) is 3.03. The molecule has 1 saturated heterocycles. The molecule has 2 rings (SSSR count). The first-order chi connectivity index (χ1) is 9.49. The van der Waals surface area contributed by atoms with E-state index in [0.29, 0.717) is 19.3 Å². The van der Waals surface area contributed by atoms with E-state index in [1.54, 1.807) is 0 Å². The van der Waals surface area contributed by atoms with Crippen molar-refractivity contribution in [1.29, 1.82) is 0 Å². The highest BCUT2D eigenvalue weighted by atomic mass is 19.1. The molecule has 1 unspecified atom stereocenters. The van der Waals surface area contributed by atoms with E-state index in [1.807, 2.05) is 0 Å². The number of anilines is 1. The number of hydrogen-bond acceptors (Lipinski definition) is 5. The van der Waals surface area contributed by atoms with Crippen molar-refractivity contribution in [2.45, 2.75) is 18.9 Å². The molecule has 1 fully saturated rings. The molecule has 0 spiro atoms. The van der Waals surface area contributed by atoms with Crippen molar-refractivity contribution in [2.75, 3.05) is 18.5 Å². The molecule has 1 heterocycles. The predicted molar refractivity (Wildman–Crippen MR) is 67.5 cm³/mol. The van der Waals surface area contributed by atoms with Crippen LogP contribution in [0.3, 0.4) is 0 Å². The van der Waals surface area contributed by atoms with Crippen LogP contribution in [0.2, 0.25) is 0 Å². The van der Waals surface area contributed by atoms with Gasteiger partial charge in [0.05, 0.1) is 23.2 Å². The monoisotopic (exact) mass is 284 g/mol. The minimum atomic E-state index is -1.47. The van der Waals surface area contributed by atoms with Crippen molar-refractivity contribution in [1.82, 2.24) is 0 Å². The maximum absolute atomic E-state index is 13.5. The zero-order chi connectivity index (χ0) is 14.7. The van der Waals surface area contributed by atoms with Crippen molar-refractivity contribution in [3.05, 3.63) is 33.6 Å². The van der Waals surface area contributed by atoms with Crippen molar-refractivity contribution in [3.63, 3.8) is 0 Å². The van der Waals surface area contributed by atoms with Crippen molar-refractivity contribution in [2.24, 2.45) is 0 Å². The van der Waals surface area contributed by atoms with Gasteiger partial charge in [0.1, 0.15) is 11.5 Å². The molecule has 1 aromatic rings. The summed E-state index contributed by atoms with van der Waals surface area (Å²) in [6, 6.07) is 1.41. The van der Waals surface area contributed by atoms with Gasteiger partial charge in [0.25, 0.3) is 5.69 Å². The molecule has 1 aliphatic heterocycles. The Morgan fingerprint density at radius 3 is 2.85 bits per heavy atom. The first-order valence-electron chi connectivity index (χ1n) is 6.04. The molecule has 0 saturated carbocycles. The number of carboxylic acid groups (broad SMARTS) is 1. The van der Waals surface area contributed by atoms with Crippen molar-refractivity contribution < 1.29 is 24.0 Å². The quantitative estimate of drug-likeness (QED) is 0.648. The summed E-state index contributed by atoms with van der Waals surface area (Å²) in [4.78, 5) is 21.1. The molecule has 1 atom stereocenters. The first-order valence-corrected chi connectivity index (χ1v) is 6.04. The molecule has 0 radical (unpaired) electrons. The van der Waals surface area contributed by atoms with Crippen LogP contribution in [-0.4, -0.2) is 35.3 Å². The fourth-order valence-electron chi connectivity index (χ4n) is 2.07. The lowest BCUT2D eigenvalue weighted by atomic mass is 10.1. The number of carbonyl (C=O) groups is 1. The summed E-state index contributed by atoms with van der Waals surface area (Å²) < 4.78 is 18.7. The Balaban J connectivity index is 2.34. The number of nitro benzene ring substituents is 1. The van der Waals surface area contributed by atoms with Crippen molar-refractivity contribution >= 4 is 17.3 Å². The Bertz CT molecular complexity index is 543. The summed E-state index contributed by atoms with van der Waals surface area (Å²) in [5.41, 5.74) is -1.10. The molecule has 0 aliphatic carbocycles. The minimum absolute atomic E-state index is 0.00991. The summed E-state index contributed by atoms with van der Waals surface area (Å²) in [5.74, 6) is -2.60. The van der Waals surface area contributed by atoms with E-state index in [4.69, 9.17) is 9.84 Å². The molecule has 20 heavy (non-hydrogen) atoms. The third kappa shape index (κ3) is 3.02. The van der Waals surface area contributed by atoms with Crippen LogP contribution in [0.25, 0.3) is 0 Å². The van der Waals surface area contributed by atoms with E-state index in [1.165, 1.54) is 0 Å². The number of aromatic carboxylic acids is 1. The molecule has 2 N–H and O–H groups in total. The Labute approximate surface area is 113 Å². The van der Waals surface area contributed by atoms with Gasteiger partial charge in [-0.15, -0.1) is 0 Å². The number of halogens is 1. The van der Waals surface area contributed by atoms with Gasteiger partial charge in [0.15, 0.2) is 0 Å². The summed E-state index contributed by atoms with van der Waals surface area (Å²) in [6.07, 6.45) is 1.55. The Morgan fingerprint density at radius 1 is 1.55 bits per heavy atom. The molecule has 108 valence electrons. The number of nitro groups is 1. The first kappa shape index (κ1) is 14.2. The highest BCUT2D eigenvalue weighted by Crippen LogP contribution is 2.29. The second-order valence-electron chi connectivity index (χ2n) is 4.47.